The van der Waals surface area contributed by atoms with E-state index in [-0.39, 0.29) is 17.4 Å². The Hall–Kier alpha value is -2.89. The van der Waals surface area contributed by atoms with Crippen LogP contribution in [0.25, 0.3) is 0 Å². The fraction of sp³-hybridized carbons (Fsp3) is 0.827. The zero-order valence-electron chi connectivity index (χ0n) is 42.9. The van der Waals surface area contributed by atoms with E-state index in [2.05, 4.69) is 19.9 Å². The maximum atomic E-state index is 13.8. The number of aliphatic carboxylic acids is 1. The zero-order chi connectivity index (χ0) is 52.9. The van der Waals surface area contributed by atoms with Gasteiger partial charge in [-0.25, -0.2) is 14.4 Å². The summed E-state index contributed by atoms with van der Waals surface area (Å²) in [6.45, 7) is 19.5. The van der Waals surface area contributed by atoms with E-state index in [4.69, 9.17) is 28.4 Å². The Kier molecular flexibility index (Phi) is 15.5. The lowest BCUT2D eigenvalue weighted by Gasteiger charge is -2.73. The summed E-state index contributed by atoms with van der Waals surface area (Å²) < 4.78 is 36.5. The van der Waals surface area contributed by atoms with Gasteiger partial charge < -0.3 is 79.5 Å². The molecule has 2 aliphatic heterocycles. The van der Waals surface area contributed by atoms with Gasteiger partial charge in [0, 0.05) is 22.0 Å². The van der Waals surface area contributed by atoms with Gasteiger partial charge in [0.15, 0.2) is 24.8 Å². The predicted octanol–water partition coefficient (Wildman–Crippen LogP) is 1.80. The van der Waals surface area contributed by atoms with Gasteiger partial charge >= 0.3 is 17.9 Å². The summed E-state index contributed by atoms with van der Waals surface area (Å²) in [7, 11) is 0. The average Bonchev–Trinajstić information content (AvgIpc) is 3.31. The van der Waals surface area contributed by atoms with E-state index in [1.165, 1.54) is 0 Å². The van der Waals surface area contributed by atoms with Crippen LogP contribution in [0.1, 0.15) is 115 Å². The number of carboxylic acids is 1. The molecule has 0 bridgehead atoms. The van der Waals surface area contributed by atoms with Gasteiger partial charge in [-0.15, -0.1) is 0 Å². The first-order chi connectivity index (χ1) is 33.0. The van der Waals surface area contributed by atoms with Crippen LogP contribution in [0.2, 0.25) is 0 Å². The molecule has 0 radical (unpaired) electrons. The lowest BCUT2D eigenvalue weighted by Crippen LogP contribution is -2.76. The van der Waals surface area contributed by atoms with Crippen molar-refractivity contribution in [3.8, 4) is 0 Å². The Morgan fingerprint density at radius 2 is 1.32 bits per heavy atom. The molecule has 2 heterocycles. The van der Waals surface area contributed by atoms with Crippen LogP contribution in [-0.2, 0) is 42.8 Å². The summed E-state index contributed by atoms with van der Waals surface area (Å²) in [4.78, 5) is 39.6. The minimum atomic E-state index is -2.02. The number of carboxylic acid groups (broad SMARTS) is 1. The van der Waals surface area contributed by atoms with E-state index < -0.39 is 161 Å². The molecule has 7 rings (SSSR count). The van der Waals surface area contributed by atoms with Crippen molar-refractivity contribution in [2.45, 2.75) is 207 Å². The number of hydrogen-bond donors (Lipinski definition) is 10. The van der Waals surface area contributed by atoms with Gasteiger partial charge in [0.25, 0.3) is 0 Å². The molecule has 7 aliphatic rings. The third kappa shape index (κ3) is 8.49. The van der Waals surface area contributed by atoms with Gasteiger partial charge in [-0.2, -0.15) is 0 Å². The number of ether oxygens (including phenoxy) is 6. The number of allylic oxidation sites excluding steroid dienone is 3. The Bertz CT molecular complexity index is 2120. The Morgan fingerprint density at radius 3 is 1.89 bits per heavy atom. The first kappa shape index (κ1) is 55.9. The molecule has 402 valence electrons. The van der Waals surface area contributed by atoms with E-state index in [9.17, 15) is 65.4 Å². The van der Waals surface area contributed by atoms with Crippen molar-refractivity contribution in [3.63, 3.8) is 0 Å². The first-order valence-corrected chi connectivity index (χ1v) is 25.2. The first-order valence-electron chi connectivity index (χ1n) is 25.2. The molecule has 0 spiro atoms. The molecule has 6 fully saturated rings. The van der Waals surface area contributed by atoms with Crippen molar-refractivity contribution in [2.75, 3.05) is 13.2 Å². The van der Waals surface area contributed by atoms with Crippen LogP contribution in [0.4, 0.5) is 0 Å². The molecule has 4 saturated carbocycles. The van der Waals surface area contributed by atoms with Crippen LogP contribution in [0.5, 0.6) is 0 Å². The standard InChI is InChI=1S/C52H80O19/c1-12-23(3)43(64)70-40-41(71-44(65)24(4)13-2)52(22-54)26(20-47(40,5)6)25-14-15-29-49(9)18-17-30(48(7,8)28(49)16-19-50(29,10)51(25,11)38(60)39(52)61)67-46-37(34(58)33(57)36(68-46)42(62)63)69-45-35(59)32(56)31(55)27(21-53)66-45/h12-14,26-41,45-46,53-61H,15-22H2,1-11H3,(H,62,63)/b23-12-,24-13-/t26?,27?,28?,29?,30-,31-,32-,33+,34-,35?,36?,37?,38-,39+,40-,41-,45-,46+,49-,50+,51-,52-/m0/s1. The quantitative estimate of drug-likeness (QED) is 0.0611. The molecule has 5 aliphatic carbocycles. The predicted molar refractivity (Wildman–Crippen MR) is 250 cm³/mol. The van der Waals surface area contributed by atoms with Crippen LogP contribution in [0, 0.1) is 50.2 Å². The number of hydrogen-bond acceptors (Lipinski definition) is 18. The van der Waals surface area contributed by atoms with Gasteiger partial charge in [-0.1, -0.05) is 72.3 Å². The number of esters is 2. The molecular weight excluding hydrogens is 929 g/mol. The molecule has 22 atom stereocenters. The highest BCUT2D eigenvalue weighted by Gasteiger charge is 2.76. The van der Waals surface area contributed by atoms with Crippen LogP contribution >= 0.6 is 0 Å². The topological polar surface area (TPSA) is 309 Å². The second-order valence-electron chi connectivity index (χ2n) is 23.7. The molecule has 0 aromatic carbocycles. The zero-order valence-corrected chi connectivity index (χ0v) is 42.9. The third-order valence-corrected chi connectivity index (χ3v) is 19.6. The summed E-state index contributed by atoms with van der Waals surface area (Å²) in [5.74, 6) is -3.72. The fourth-order valence-corrected chi connectivity index (χ4v) is 15.0. The van der Waals surface area contributed by atoms with E-state index >= 15 is 0 Å². The molecule has 19 nitrogen and oxygen atoms in total. The number of aliphatic hydroxyl groups excluding tert-OH is 9. The summed E-state index contributed by atoms with van der Waals surface area (Å²) in [6, 6.07) is 0. The highest BCUT2D eigenvalue weighted by molar-refractivity contribution is 5.89. The van der Waals surface area contributed by atoms with E-state index in [0.717, 1.165) is 5.57 Å². The van der Waals surface area contributed by atoms with E-state index in [1.54, 1.807) is 39.8 Å². The minimum Gasteiger partial charge on any atom is -0.479 e. The lowest BCUT2D eigenvalue weighted by molar-refractivity contribution is -0.374. The van der Waals surface area contributed by atoms with Gasteiger partial charge in [-0.3, -0.25) is 0 Å². The van der Waals surface area contributed by atoms with Crippen LogP contribution in [0.15, 0.2) is 34.9 Å². The third-order valence-electron chi connectivity index (χ3n) is 19.6. The number of carbonyl (C=O) groups excluding carboxylic acids is 2. The molecule has 2 saturated heterocycles. The second kappa shape index (κ2) is 19.7. The minimum absolute atomic E-state index is 0.0740. The second-order valence-corrected chi connectivity index (χ2v) is 23.7. The van der Waals surface area contributed by atoms with Gasteiger partial charge in [0.1, 0.15) is 48.8 Å². The molecule has 0 amide bonds. The maximum absolute atomic E-state index is 13.8. The van der Waals surface area contributed by atoms with Crippen molar-refractivity contribution >= 4 is 17.9 Å². The van der Waals surface area contributed by atoms with E-state index in [1.807, 2.05) is 34.6 Å². The largest absolute Gasteiger partial charge is 0.479 e. The van der Waals surface area contributed by atoms with Crippen LogP contribution in [0.3, 0.4) is 0 Å². The van der Waals surface area contributed by atoms with Gasteiger partial charge in [0.2, 0.25) is 0 Å². The van der Waals surface area contributed by atoms with Crippen molar-refractivity contribution < 1.29 is 93.9 Å². The molecule has 71 heavy (non-hydrogen) atoms. The highest BCUT2D eigenvalue weighted by Crippen LogP contribution is 2.76. The summed E-state index contributed by atoms with van der Waals surface area (Å²) in [5.41, 5.74) is -3.97. The lowest BCUT2D eigenvalue weighted by atomic mass is 9.32. The fourth-order valence-electron chi connectivity index (χ4n) is 15.0. The summed E-state index contributed by atoms with van der Waals surface area (Å²) in [5, 5.41) is 111. The summed E-state index contributed by atoms with van der Waals surface area (Å²) >= 11 is 0. The number of aliphatic hydroxyl groups is 9. The SMILES string of the molecule is C/C=C(/C)C(=O)O[C@H]1[C@H](OC(=O)/C(C)=C\C)[C@@]2(CO)C(CC1(C)C)C1=CCC3[C@@]4(C)CC[C@H](O[C@@H]5OC(C(=O)O)[C@H](O)[C@H](O)C5O[C@@H]5OC(CO)[C@H](O)[C@H](O)C5O)C(C)(C)C4CC[C@@]3(C)[C@]1(C)[C@@H](O)[C@H]2O. The number of rotatable bonds is 11. The Labute approximate surface area is 415 Å². The Balaban J connectivity index is 1.22. The van der Waals surface area contributed by atoms with Crippen molar-refractivity contribution in [2.24, 2.45) is 50.2 Å². The highest BCUT2D eigenvalue weighted by atomic mass is 16.8. The molecule has 10 N–H and O–H groups in total. The van der Waals surface area contributed by atoms with Gasteiger partial charge in [0.05, 0.1) is 36.9 Å². The number of carbonyl (C=O) groups is 3. The Morgan fingerprint density at radius 1 is 0.718 bits per heavy atom. The van der Waals surface area contributed by atoms with Gasteiger partial charge in [-0.05, 0) is 100 Å². The van der Waals surface area contributed by atoms with Crippen molar-refractivity contribution in [3.05, 3.63) is 34.9 Å². The van der Waals surface area contributed by atoms with Crippen LogP contribution < -0.4 is 0 Å². The van der Waals surface area contributed by atoms with Crippen molar-refractivity contribution in [1.29, 1.82) is 0 Å². The molecule has 0 aromatic rings. The molecular formula is C52H80O19. The average molecular weight is 1010 g/mol. The van der Waals surface area contributed by atoms with Crippen molar-refractivity contribution in [1.82, 2.24) is 0 Å². The molecule has 0 aromatic heterocycles. The normalized spacial score (nSPS) is 48.4. The maximum Gasteiger partial charge on any atom is 0.335 e. The number of fused-ring (bicyclic) bond motifs is 7. The van der Waals surface area contributed by atoms with Crippen LogP contribution in [-0.4, -0.2) is 174 Å². The van der Waals surface area contributed by atoms with E-state index in [0.29, 0.717) is 44.1 Å². The smallest absolute Gasteiger partial charge is 0.335 e. The summed E-state index contributed by atoms with van der Waals surface area (Å²) in [6.07, 6.45) is -15.8. The monoisotopic (exact) mass is 1010 g/mol. The molecule has 19 heteroatoms. The molecule has 7 unspecified atom stereocenters.